The molecule has 1 aliphatic rings. The highest BCUT2D eigenvalue weighted by Crippen LogP contribution is 2.30. The topological polar surface area (TPSA) is 87.0 Å². The Balaban J connectivity index is 1.19. The number of anilines is 1. The van der Waals surface area contributed by atoms with Gasteiger partial charge in [0, 0.05) is 61.0 Å². The number of aromatic nitrogens is 1. The van der Waals surface area contributed by atoms with Crippen molar-refractivity contribution in [2.75, 3.05) is 32.1 Å². The van der Waals surface area contributed by atoms with Crippen LogP contribution in [0.3, 0.4) is 0 Å². The molecule has 6 rings (SSSR count). The van der Waals surface area contributed by atoms with Crippen molar-refractivity contribution in [1.82, 2.24) is 14.4 Å². The summed E-state index contributed by atoms with van der Waals surface area (Å²) in [4.78, 5) is 30.9. The molecule has 2 heterocycles. The Hall–Kier alpha value is -4.92. The van der Waals surface area contributed by atoms with E-state index in [1.807, 2.05) is 85.4 Å². The molecule has 1 aromatic heterocycles. The number of nitrogens with one attached hydrogen (secondary N) is 1. The maximum absolute atomic E-state index is 13.7. The number of carbonyl (C=O) groups excluding carboxylic acids is 2. The summed E-state index contributed by atoms with van der Waals surface area (Å²) in [6.45, 7) is 5.69. The van der Waals surface area contributed by atoms with E-state index < -0.39 is 0 Å². The number of benzene rings is 4. The molecular formula is C41H46N4O4. The van der Waals surface area contributed by atoms with Crippen LogP contribution < -0.4 is 10.1 Å². The second kappa shape index (κ2) is 15.1. The summed E-state index contributed by atoms with van der Waals surface area (Å²) < 4.78 is 8.77. The first kappa shape index (κ1) is 34.0. The number of amides is 2. The van der Waals surface area contributed by atoms with E-state index in [2.05, 4.69) is 60.6 Å². The van der Waals surface area contributed by atoms with E-state index in [1.165, 1.54) is 16.7 Å². The molecule has 3 atom stereocenters. The molecule has 49 heavy (non-hydrogen) atoms. The number of ether oxygens (including phenoxy) is 1. The maximum Gasteiger partial charge on any atom is 0.228 e. The number of aliphatic hydroxyl groups excluding tert-OH is 1. The van der Waals surface area contributed by atoms with Crippen molar-refractivity contribution in [2.24, 2.45) is 13.0 Å². The minimum Gasteiger partial charge on any atom is -0.488 e. The van der Waals surface area contributed by atoms with Crippen molar-refractivity contribution in [1.29, 1.82) is 0 Å². The van der Waals surface area contributed by atoms with Crippen molar-refractivity contribution in [3.05, 3.63) is 120 Å². The number of nitrogens with zero attached hydrogens (tertiary/aromatic N) is 3. The fourth-order valence-electron chi connectivity index (χ4n) is 6.79. The molecule has 8 nitrogen and oxygen atoms in total. The Morgan fingerprint density at radius 2 is 1.71 bits per heavy atom. The van der Waals surface area contributed by atoms with Gasteiger partial charge in [-0.25, -0.2) is 0 Å². The van der Waals surface area contributed by atoms with Crippen LogP contribution in [0.25, 0.3) is 22.0 Å². The third-order valence-corrected chi connectivity index (χ3v) is 9.54. The zero-order valence-electron chi connectivity index (χ0n) is 28.8. The van der Waals surface area contributed by atoms with E-state index >= 15 is 0 Å². The molecule has 5 aromatic rings. The number of hydrogen-bond acceptors (Lipinski definition) is 5. The van der Waals surface area contributed by atoms with Gasteiger partial charge in [-0.2, -0.15) is 0 Å². The number of rotatable bonds is 10. The van der Waals surface area contributed by atoms with E-state index in [1.54, 1.807) is 4.90 Å². The predicted molar refractivity (Wildman–Crippen MR) is 195 cm³/mol. The second-order valence-electron chi connectivity index (χ2n) is 13.5. The summed E-state index contributed by atoms with van der Waals surface area (Å²) in [6, 6.07) is 32.3. The Labute approximate surface area is 288 Å². The summed E-state index contributed by atoms with van der Waals surface area (Å²) in [6.07, 6.45) is 2.11. The first-order valence-corrected chi connectivity index (χ1v) is 17.0. The quantitative estimate of drug-likeness (QED) is 0.184. The lowest BCUT2D eigenvalue weighted by molar-refractivity contribution is -0.134. The molecule has 0 bridgehead atoms. The molecule has 0 radical (unpaired) electrons. The fourth-order valence-corrected chi connectivity index (χ4v) is 6.79. The molecule has 0 spiro atoms. The van der Waals surface area contributed by atoms with Gasteiger partial charge in [0.2, 0.25) is 11.8 Å². The van der Waals surface area contributed by atoms with Crippen molar-refractivity contribution in [2.45, 2.75) is 45.4 Å². The van der Waals surface area contributed by atoms with E-state index in [0.717, 1.165) is 23.0 Å². The number of para-hydroxylation sites is 1. The van der Waals surface area contributed by atoms with Crippen molar-refractivity contribution >= 4 is 28.4 Å². The smallest absolute Gasteiger partial charge is 0.228 e. The van der Waals surface area contributed by atoms with Crippen molar-refractivity contribution in [3.8, 4) is 16.9 Å². The second-order valence-corrected chi connectivity index (χ2v) is 13.5. The lowest BCUT2D eigenvalue weighted by Gasteiger charge is -2.34. The van der Waals surface area contributed by atoms with Crippen LogP contribution in [-0.2, 0) is 36.0 Å². The van der Waals surface area contributed by atoms with E-state index in [9.17, 15) is 14.7 Å². The molecule has 1 aliphatic heterocycles. The standard InChI is InChI=1S/C41H46N4O4/c1-28-23-45(29(2)27-46)41(48)22-33-20-35(42-40(47)21-34-25-44(4)37-13-9-8-12-36(34)37)18-19-38(33)49-39(28)26-43(3)24-30-14-16-32(17-15-30)31-10-6-5-7-11-31/h5-20,25,28-29,39,46H,21-24,26-27H2,1-4H3,(H,42,47)/t28-,29+,39+/m1/s1. The summed E-state index contributed by atoms with van der Waals surface area (Å²) in [5.41, 5.74) is 6.94. The number of aryl methyl sites for hydroxylation is 1. The van der Waals surface area contributed by atoms with Crippen LogP contribution in [0, 0.1) is 5.92 Å². The Morgan fingerprint density at radius 1 is 1.00 bits per heavy atom. The normalized spacial score (nSPS) is 17.2. The van der Waals surface area contributed by atoms with Gasteiger partial charge in [0.05, 0.1) is 25.5 Å². The van der Waals surface area contributed by atoms with Crippen LogP contribution in [0.5, 0.6) is 5.75 Å². The SMILES string of the molecule is C[C@@H]1CN([C@@H](C)CO)C(=O)Cc2cc(NC(=O)Cc3cn(C)c4ccccc34)ccc2O[C@H]1CN(C)Cc1ccc(-c2ccccc2)cc1. The number of carbonyl (C=O) groups is 2. The van der Waals surface area contributed by atoms with Gasteiger partial charge in [0.1, 0.15) is 11.9 Å². The fraction of sp³-hybridized carbons (Fsp3) is 0.317. The van der Waals surface area contributed by atoms with E-state index in [4.69, 9.17) is 4.74 Å². The highest BCUT2D eigenvalue weighted by atomic mass is 16.5. The minimum atomic E-state index is -0.332. The molecule has 8 heteroatoms. The zero-order valence-corrected chi connectivity index (χ0v) is 28.8. The largest absolute Gasteiger partial charge is 0.488 e. The zero-order chi connectivity index (χ0) is 34.5. The van der Waals surface area contributed by atoms with Gasteiger partial charge in [-0.15, -0.1) is 0 Å². The van der Waals surface area contributed by atoms with E-state index in [0.29, 0.717) is 30.1 Å². The molecule has 0 saturated heterocycles. The predicted octanol–water partition coefficient (Wildman–Crippen LogP) is 6.31. The highest BCUT2D eigenvalue weighted by Gasteiger charge is 2.31. The molecule has 254 valence electrons. The first-order valence-electron chi connectivity index (χ1n) is 17.0. The van der Waals surface area contributed by atoms with Crippen molar-refractivity contribution < 1.29 is 19.4 Å². The minimum absolute atomic E-state index is 0.00752. The Kier molecular flexibility index (Phi) is 10.5. The van der Waals surface area contributed by atoms with Gasteiger partial charge in [0.25, 0.3) is 0 Å². The molecule has 0 aliphatic carbocycles. The van der Waals surface area contributed by atoms with E-state index in [-0.39, 0.29) is 49.3 Å². The molecule has 0 fully saturated rings. The molecular weight excluding hydrogens is 612 g/mol. The van der Waals surface area contributed by atoms with Gasteiger partial charge in [-0.3, -0.25) is 14.5 Å². The molecule has 0 unspecified atom stereocenters. The molecule has 4 aromatic carbocycles. The average molecular weight is 659 g/mol. The Morgan fingerprint density at radius 3 is 2.47 bits per heavy atom. The average Bonchev–Trinajstić information content (AvgIpc) is 3.43. The number of fused-ring (bicyclic) bond motifs is 2. The van der Waals surface area contributed by atoms with Crippen LogP contribution in [-0.4, -0.2) is 70.2 Å². The molecule has 2 amide bonds. The number of aliphatic hydroxyl groups is 1. The van der Waals surface area contributed by atoms with Crippen LogP contribution in [0.15, 0.2) is 103 Å². The van der Waals surface area contributed by atoms with Crippen molar-refractivity contribution in [3.63, 3.8) is 0 Å². The first-order chi connectivity index (χ1) is 23.7. The summed E-state index contributed by atoms with van der Waals surface area (Å²) in [7, 11) is 4.07. The lowest BCUT2D eigenvalue weighted by Crippen LogP contribution is -2.47. The maximum atomic E-state index is 13.7. The van der Waals surface area contributed by atoms with Gasteiger partial charge in [-0.05, 0) is 60.5 Å². The summed E-state index contributed by atoms with van der Waals surface area (Å²) in [5.74, 6) is 0.417. The van der Waals surface area contributed by atoms with Gasteiger partial charge < -0.3 is 24.6 Å². The third-order valence-electron chi connectivity index (χ3n) is 9.54. The van der Waals surface area contributed by atoms with Gasteiger partial charge in [0.15, 0.2) is 0 Å². The van der Waals surface area contributed by atoms with Crippen LogP contribution in [0.1, 0.15) is 30.5 Å². The van der Waals surface area contributed by atoms with Crippen LogP contribution >= 0.6 is 0 Å². The van der Waals surface area contributed by atoms with Crippen LogP contribution in [0.4, 0.5) is 5.69 Å². The summed E-state index contributed by atoms with van der Waals surface area (Å²) >= 11 is 0. The number of hydrogen-bond donors (Lipinski definition) is 2. The summed E-state index contributed by atoms with van der Waals surface area (Å²) in [5, 5.41) is 14.1. The number of likely N-dealkylation sites (N-methyl/N-ethyl adjacent to an activating group) is 1. The van der Waals surface area contributed by atoms with Crippen LogP contribution in [0.2, 0.25) is 0 Å². The molecule has 0 saturated carbocycles. The van der Waals surface area contributed by atoms with Gasteiger partial charge in [-0.1, -0.05) is 79.7 Å². The molecule has 2 N–H and O–H groups in total. The Bertz CT molecular complexity index is 1900. The third kappa shape index (κ3) is 8.04. The monoisotopic (exact) mass is 658 g/mol. The lowest BCUT2D eigenvalue weighted by atomic mass is 10.0. The van der Waals surface area contributed by atoms with Gasteiger partial charge >= 0.3 is 0 Å². The highest BCUT2D eigenvalue weighted by molar-refractivity contribution is 5.96.